The molecule has 2 unspecified atom stereocenters. The van der Waals surface area contributed by atoms with E-state index in [1.165, 1.54) is 11.3 Å². The fourth-order valence-electron chi connectivity index (χ4n) is 2.85. The van der Waals surface area contributed by atoms with Crippen molar-refractivity contribution in [3.05, 3.63) is 28.8 Å². The first kappa shape index (κ1) is 23.3. The maximum atomic E-state index is 11.8. The number of benzene rings is 1. The summed E-state index contributed by atoms with van der Waals surface area (Å²) in [7, 11) is 0. The first-order valence-electron chi connectivity index (χ1n) is 7.99. The van der Waals surface area contributed by atoms with Gasteiger partial charge in [-0.2, -0.15) is 0 Å². The number of carbonyl (C=O) groups is 1. The van der Waals surface area contributed by atoms with Gasteiger partial charge in [0.15, 0.2) is 0 Å². The average molecular weight is 397 g/mol. The molecule has 24 heavy (non-hydrogen) atoms. The summed E-state index contributed by atoms with van der Waals surface area (Å²) in [6.07, 6.45) is 2.35. The number of nitrogens with two attached hydrogens (primary N) is 1. The molecular formula is C17H28Cl3N3O. The Morgan fingerprint density at radius 2 is 2.17 bits per heavy atom. The molecule has 2 rings (SSSR count). The standard InChI is InChI=1S/C17H26ClN3O.2ClH/c1-12-3-5-15(18)9-16(12)21-8-7-14(11-21)10-20-17(22)6-4-13(2)19;;/h3,5,9,13-14H,4,6-8,10-11,19H2,1-2H3,(H,20,22);2*1H. The van der Waals surface area contributed by atoms with E-state index in [1.54, 1.807) is 0 Å². The molecule has 3 N–H and O–H groups in total. The molecule has 1 aromatic rings. The summed E-state index contributed by atoms with van der Waals surface area (Å²) in [4.78, 5) is 14.1. The number of anilines is 1. The van der Waals surface area contributed by atoms with Crippen LogP contribution in [0.15, 0.2) is 18.2 Å². The van der Waals surface area contributed by atoms with Gasteiger partial charge < -0.3 is 16.0 Å². The third kappa shape index (κ3) is 7.06. The van der Waals surface area contributed by atoms with Crippen LogP contribution < -0.4 is 16.0 Å². The van der Waals surface area contributed by atoms with Crippen LogP contribution in [-0.2, 0) is 4.79 Å². The number of amides is 1. The highest BCUT2D eigenvalue weighted by Gasteiger charge is 2.24. The number of nitrogens with one attached hydrogen (secondary N) is 1. The van der Waals surface area contributed by atoms with Gasteiger partial charge in [-0.15, -0.1) is 24.8 Å². The molecule has 0 radical (unpaired) electrons. The minimum atomic E-state index is 0. The van der Waals surface area contributed by atoms with Gasteiger partial charge in [-0.3, -0.25) is 4.79 Å². The quantitative estimate of drug-likeness (QED) is 0.773. The molecule has 1 fully saturated rings. The minimum absolute atomic E-state index is 0. The molecule has 0 aliphatic carbocycles. The molecule has 0 bridgehead atoms. The maximum absolute atomic E-state index is 11.8. The zero-order chi connectivity index (χ0) is 16.1. The van der Waals surface area contributed by atoms with Crippen LogP contribution in [0.4, 0.5) is 5.69 Å². The van der Waals surface area contributed by atoms with E-state index in [2.05, 4.69) is 23.2 Å². The average Bonchev–Trinajstić information content (AvgIpc) is 2.94. The Balaban J connectivity index is 0.00000264. The van der Waals surface area contributed by atoms with Crippen molar-refractivity contribution in [3.63, 3.8) is 0 Å². The van der Waals surface area contributed by atoms with E-state index >= 15 is 0 Å². The van der Waals surface area contributed by atoms with Gasteiger partial charge in [0.25, 0.3) is 0 Å². The zero-order valence-corrected chi connectivity index (χ0v) is 16.6. The number of hydrogen-bond acceptors (Lipinski definition) is 3. The molecule has 7 heteroatoms. The molecule has 1 aliphatic rings. The Kier molecular flexibility index (Phi) is 10.7. The number of hydrogen-bond donors (Lipinski definition) is 2. The van der Waals surface area contributed by atoms with Crippen molar-refractivity contribution in [2.45, 2.75) is 39.2 Å². The molecule has 0 spiro atoms. The van der Waals surface area contributed by atoms with Crippen molar-refractivity contribution >= 4 is 48.0 Å². The number of nitrogens with zero attached hydrogens (tertiary/aromatic N) is 1. The number of aryl methyl sites for hydroxylation is 1. The monoisotopic (exact) mass is 395 g/mol. The van der Waals surface area contributed by atoms with E-state index in [0.29, 0.717) is 12.3 Å². The largest absolute Gasteiger partial charge is 0.371 e. The van der Waals surface area contributed by atoms with Crippen molar-refractivity contribution in [2.24, 2.45) is 11.7 Å². The van der Waals surface area contributed by atoms with Crippen molar-refractivity contribution in [1.29, 1.82) is 0 Å². The smallest absolute Gasteiger partial charge is 0.220 e. The van der Waals surface area contributed by atoms with E-state index < -0.39 is 0 Å². The second kappa shape index (κ2) is 11.0. The molecule has 4 nitrogen and oxygen atoms in total. The Bertz CT molecular complexity index is 526. The SMILES string of the molecule is Cc1ccc(Cl)cc1N1CCC(CNC(=O)CCC(C)N)C1.Cl.Cl. The second-order valence-electron chi connectivity index (χ2n) is 6.35. The van der Waals surface area contributed by atoms with E-state index in [0.717, 1.165) is 37.5 Å². The van der Waals surface area contributed by atoms with Crippen LogP contribution in [-0.4, -0.2) is 31.6 Å². The zero-order valence-electron chi connectivity index (χ0n) is 14.3. The molecule has 0 saturated carbocycles. The van der Waals surface area contributed by atoms with Crippen molar-refractivity contribution in [3.8, 4) is 0 Å². The van der Waals surface area contributed by atoms with E-state index in [9.17, 15) is 4.79 Å². The fourth-order valence-corrected chi connectivity index (χ4v) is 3.01. The third-order valence-corrected chi connectivity index (χ3v) is 4.45. The Morgan fingerprint density at radius 3 is 2.83 bits per heavy atom. The predicted octanol–water partition coefficient (Wildman–Crippen LogP) is 3.56. The van der Waals surface area contributed by atoms with Crippen molar-refractivity contribution in [1.82, 2.24) is 5.32 Å². The van der Waals surface area contributed by atoms with E-state index in [4.69, 9.17) is 17.3 Å². The lowest BCUT2D eigenvalue weighted by atomic mass is 10.1. The van der Waals surface area contributed by atoms with Crippen LogP contribution in [0.2, 0.25) is 5.02 Å². The maximum Gasteiger partial charge on any atom is 0.220 e. The summed E-state index contributed by atoms with van der Waals surface area (Å²) in [5.41, 5.74) is 8.12. The lowest BCUT2D eigenvalue weighted by Crippen LogP contribution is -2.32. The highest BCUT2D eigenvalue weighted by molar-refractivity contribution is 6.30. The number of rotatable bonds is 6. The molecule has 1 saturated heterocycles. The van der Waals surface area contributed by atoms with Gasteiger partial charge in [0.05, 0.1) is 0 Å². The molecule has 1 amide bonds. The van der Waals surface area contributed by atoms with Crippen molar-refractivity contribution in [2.75, 3.05) is 24.5 Å². The predicted molar refractivity (Wildman–Crippen MR) is 107 cm³/mol. The van der Waals surface area contributed by atoms with Gasteiger partial charge >= 0.3 is 0 Å². The van der Waals surface area contributed by atoms with Gasteiger partial charge in [-0.05, 0) is 50.3 Å². The summed E-state index contributed by atoms with van der Waals surface area (Å²) in [6.45, 7) is 6.76. The lowest BCUT2D eigenvalue weighted by Gasteiger charge is -2.21. The van der Waals surface area contributed by atoms with Gasteiger partial charge in [0.1, 0.15) is 0 Å². The summed E-state index contributed by atoms with van der Waals surface area (Å²) in [6, 6.07) is 6.09. The van der Waals surface area contributed by atoms with Gasteiger partial charge in [0, 0.05) is 42.8 Å². The highest BCUT2D eigenvalue weighted by Crippen LogP contribution is 2.29. The Labute approximate surface area is 162 Å². The summed E-state index contributed by atoms with van der Waals surface area (Å²) in [5, 5.41) is 3.80. The minimum Gasteiger partial charge on any atom is -0.371 e. The van der Waals surface area contributed by atoms with Crippen molar-refractivity contribution < 1.29 is 4.79 Å². The molecule has 1 aromatic carbocycles. The van der Waals surface area contributed by atoms with Crippen LogP contribution in [0.25, 0.3) is 0 Å². The summed E-state index contributed by atoms with van der Waals surface area (Å²) >= 11 is 6.10. The van der Waals surface area contributed by atoms with Crippen LogP contribution in [0, 0.1) is 12.8 Å². The molecule has 138 valence electrons. The first-order chi connectivity index (χ1) is 10.5. The first-order valence-corrected chi connectivity index (χ1v) is 8.37. The Morgan fingerprint density at radius 1 is 1.46 bits per heavy atom. The van der Waals surface area contributed by atoms with E-state index in [-0.39, 0.29) is 36.8 Å². The normalized spacial score (nSPS) is 17.7. The Hall–Kier alpha value is -0.680. The number of carbonyl (C=O) groups excluding carboxylic acids is 1. The van der Waals surface area contributed by atoms with Gasteiger partial charge in [-0.1, -0.05) is 17.7 Å². The fraction of sp³-hybridized carbons (Fsp3) is 0.588. The van der Waals surface area contributed by atoms with Gasteiger partial charge in [0.2, 0.25) is 5.91 Å². The van der Waals surface area contributed by atoms with Crippen LogP contribution in [0.1, 0.15) is 31.7 Å². The van der Waals surface area contributed by atoms with Gasteiger partial charge in [-0.25, -0.2) is 0 Å². The molecule has 0 aromatic heterocycles. The lowest BCUT2D eigenvalue weighted by molar-refractivity contribution is -0.121. The molecular weight excluding hydrogens is 369 g/mol. The molecule has 2 atom stereocenters. The topological polar surface area (TPSA) is 58.4 Å². The van der Waals surface area contributed by atoms with E-state index in [1.807, 2.05) is 19.1 Å². The highest BCUT2D eigenvalue weighted by atomic mass is 35.5. The molecule has 1 heterocycles. The van der Waals surface area contributed by atoms with Crippen LogP contribution in [0.3, 0.4) is 0 Å². The number of halogens is 3. The van der Waals surface area contributed by atoms with Crippen LogP contribution >= 0.6 is 36.4 Å². The summed E-state index contributed by atoms with van der Waals surface area (Å²) in [5.74, 6) is 0.604. The van der Waals surface area contributed by atoms with Crippen LogP contribution in [0.5, 0.6) is 0 Å². The molecule has 1 aliphatic heterocycles. The third-order valence-electron chi connectivity index (χ3n) is 4.21. The second-order valence-corrected chi connectivity index (χ2v) is 6.79. The summed E-state index contributed by atoms with van der Waals surface area (Å²) < 4.78 is 0.